The number of hydrogen-bond donors (Lipinski definition) is 2. The summed E-state index contributed by atoms with van der Waals surface area (Å²) in [6, 6.07) is 2.63. The molecule has 2 N–H and O–H groups in total. The maximum absolute atomic E-state index is 12.2. The summed E-state index contributed by atoms with van der Waals surface area (Å²) >= 11 is 0. The van der Waals surface area contributed by atoms with Crippen LogP contribution in [0.4, 0.5) is 0 Å². The zero-order valence-corrected chi connectivity index (χ0v) is 19.0. The van der Waals surface area contributed by atoms with Gasteiger partial charge < -0.3 is 0 Å². The summed E-state index contributed by atoms with van der Waals surface area (Å²) in [5.41, 5.74) is 2.64. The standard InChI is InChI=1S/C21H28O6S2/c1-6-16-17(11-15-7-8-21(15,4)5)19(29(25,26)27)10-14-9-18(28(22,23)24)12(2)13(3)20(14)16/h9-10,15H,6-8,11H2,1-5H3,(H,22,23,24)(H,25,26,27). The summed E-state index contributed by atoms with van der Waals surface area (Å²) in [7, 11) is -8.97. The molecule has 2 aromatic carbocycles. The Balaban J connectivity index is 2.42. The fraction of sp³-hybridized carbons (Fsp3) is 0.524. The van der Waals surface area contributed by atoms with Crippen molar-refractivity contribution in [2.75, 3.05) is 0 Å². The van der Waals surface area contributed by atoms with Crippen molar-refractivity contribution in [1.82, 2.24) is 0 Å². The largest absolute Gasteiger partial charge is 0.294 e. The highest BCUT2D eigenvalue weighted by molar-refractivity contribution is 7.86. The molecule has 1 aliphatic carbocycles. The quantitative estimate of drug-likeness (QED) is 0.663. The molecule has 1 aliphatic rings. The van der Waals surface area contributed by atoms with Crippen molar-refractivity contribution in [2.24, 2.45) is 11.3 Å². The van der Waals surface area contributed by atoms with Crippen molar-refractivity contribution >= 4 is 31.0 Å². The summed E-state index contributed by atoms with van der Waals surface area (Å²) in [5.74, 6) is 0.309. The number of fused-ring (bicyclic) bond motifs is 1. The second-order valence-electron chi connectivity index (χ2n) is 8.79. The first kappa shape index (κ1) is 22.2. The Bertz CT molecular complexity index is 1210. The first-order chi connectivity index (χ1) is 13.2. The van der Waals surface area contributed by atoms with Gasteiger partial charge >= 0.3 is 0 Å². The summed E-state index contributed by atoms with van der Waals surface area (Å²) in [4.78, 5) is -0.423. The third kappa shape index (κ3) is 3.83. The third-order valence-electron chi connectivity index (χ3n) is 6.73. The van der Waals surface area contributed by atoms with Crippen LogP contribution >= 0.6 is 0 Å². The number of rotatable bonds is 5. The lowest BCUT2D eigenvalue weighted by Crippen LogP contribution is -2.36. The first-order valence-electron chi connectivity index (χ1n) is 9.72. The van der Waals surface area contributed by atoms with Crippen LogP contribution < -0.4 is 0 Å². The Morgan fingerprint density at radius 1 is 0.966 bits per heavy atom. The van der Waals surface area contributed by atoms with Crippen LogP contribution in [0.2, 0.25) is 0 Å². The van der Waals surface area contributed by atoms with E-state index in [1.807, 2.05) is 6.92 Å². The van der Waals surface area contributed by atoms with E-state index in [1.54, 1.807) is 13.8 Å². The molecule has 1 atom stereocenters. The van der Waals surface area contributed by atoms with Crippen molar-refractivity contribution < 1.29 is 25.9 Å². The lowest BCUT2D eigenvalue weighted by atomic mass is 9.60. The van der Waals surface area contributed by atoms with Crippen LogP contribution in [-0.2, 0) is 33.1 Å². The van der Waals surface area contributed by atoms with Gasteiger partial charge in [-0.05, 0) is 96.0 Å². The zero-order valence-electron chi connectivity index (χ0n) is 17.4. The van der Waals surface area contributed by atoms with E-state index in [1.165, 1.54) is 12.1 Å². The summed E-state index contributed by atoms with van der Waals surface area (Å²) in [6.45, 7) is 9.64. The average Bonchev–Trinajstić information content (AvgIpc) is 2.58. The molecule has 2 aromatic rings. The van der Waals surface area contributed by atoms with Gasteiger partial charge in [-0.15, -0.1) is 0 Å². The summed E-state index contributed by atoms with van der Waals surface area (Å²) < 4.78 is 67.6. The molecule has 0 heterocycles. The fourth-order valence-corrected chi connectivity index (χ4v) is 6.23. The van der Waals surface area contributed by atoms with Crippen molar-refractivity contribution in [3.8, 4) is 0 Å². The van der Waals surface area contributed by atoms with Gasteiger partial charge in [-0.3, -0.25) is 9.11 Å². The molecule has 160 valence electrons. The van der Waals surface area contributed by atoms with E-state index in [-0.39, 0.29) is 15.2 Å². The minimum absolute atomic E-state index is 0.107. The highest BCUT2D eigenvalue weighted by atomic mass is 32.2. The zero-order chi connectivity index (χ0) is 21.9. The molecular formula is C21H28O6S2. The lowest BCUT2D eigenvalue weighted by Gasteiger charge is -2.45. The Morgan fingerprint density at radius 3 is 1.93 bits per heavy atom. The second kappa shape index (κ2) is 7.04. The predicted molar refractivity (Wildman–Crippen MR) is 113 cm³/mol. The van der Waals surface area contributed by atoms with Gasteiger partial charge in [0.15, 0.2) is 0 Å². The molecule has 6 nitrogen and oxygen atoms in total. The molecule has 0 saturated heterocycles. The van der Waals surface area contributed by atoms with E-state index in [0.717, 1.165) is 23.8 Å². The van der Waals surface area contributed by atoms with Crippen LogP contribution in [0.25, 0.3) is 10.8 Å². The van der Waals surface area contributed by atoms with Crippen LogP contribution in [0.3, 0.4) is 0 Å². The number of hydrogen-bond acceptors (Lipinski definition) is 4. The van der Waals surface area contributed by atoms with E-state index in [0.29, 0.717) is 40.8 Å². The molecular weight excluding hydrogens is 412 g/mol. The predicted octanol–water partition coefficient (Wildman–Crippen LogP) is 4.49. The molecule has 0 spiro atoms. The molecule has 0 aromatic heterocycles. The third-order valence-corrected chi connectivity index (χ3v) is 8.63. The lowest BCUT2D eigenvalue weighted by molar-refractivity contribution is 0.0720. The smallest absolute Gasteiger partial charge is 0.282 e. The molecule has 1 unspecified atom stereocenters. The summed E-state index contributed by atoms with van der Waals surface area (Å²) in [6.07, 6.45) is 3.15. The van der Waals surface area contributed by atoms with Gasteiger partial charge in [-0.1, -0.05) is 20.8 Å². The minimum Gasteiger partial charge on any atom is -0.282 e. The second-order valence-corrected chi connectivity index (χ2v) is 11.6. The van der Waals surface area contributed by atoms with Crippen molar-refractivity contribution in [3.05, 3.63) is 34.4 Å². The maximum atomic E-state index is 12.2. The van der Waals surface area contributed by atoms with Gasteiger partial charge in [0.2, 0.25) is 0 Å². The van der Waals surface area contributed by atoms with Gasteiger partial charge in [0.05, 0.1) is 9.79 Å². The molecule has 29 heavy (non-hydrogen) atoms. The molecule has 0 aliphatic heterocycles. The molecule has 8 heteroatoms. The molecule has 1 fully saturated rings. The van der Waals surface area contributed by atoms with Gasteiger partial charge in [-0.25, -0.2) is 0 Å². The van der Waals surface area contributed by atoms with Gasteiger partial charge in [0, 0.05) is 0 Å². The fourth-order valence-electron chi connectivity index (χ4n) is 4.62. The van der Waals surface area contributed by atoms with Crippen LogP contribution in [0, 0.1) is 25.2 Å². The maximum Gasteiger partial charge on any atom is 0.294 e. The van der Waals surface area contributed by atoms with Gasteiger partial charge in [-0.2, -0.15) is 16.8 Å². The molecule has 0 bridgehead atoms. The first-order valence-corrected chi connectivity index (χ1v) is 12.6. The van der Waals surface area contributed by atoms with E-state index < -0.39 is 20.2 Å². The van der Waals surface area contributed by atoms with Crippen LogP contribution in [0.5, 0.6) is 0 Å². The van der Waals surface area contributed by atoms with Crippen LogP contribution in [0.15, 0.2) is 21.9 Å². The van der Waals surface area contributed by atoms with Gasteiger partial charge in [0.25, 0.3) is 20.2 Å². The number of aryl methyl sites for hydroxylation is 2. The minimum atomic E-state index is -4.51. The Hall–Kier alpha value is -1.48. The Morgan fingerprint density at radius 2 is 1.52 bits per heavy atom. The number of benzene rings is 2. The van der Waals surface area contributed by atoms with Crippen LogP contribution in [-0.4, -0.2) is 25.9 Å². The van der Waals surface area contributed by atoms with E-state index in [4.69, 9.17) is 0 Å². The topological polar surface area (TPSA) is 109 Å². The van der Waals surface area contributed by atoms with E-state index >= 15 is 0 Å². The van der Waals surface area contributed by atoms with Crippen LogP contribution in [0.1, 0.15) is 55.9 Å². The average molecular weight is 441 g/mol. The van der Waals surface area contributed by atoms with E-state index in [9.17, 15) is 25.9 Å². The summed E-state index contributed by atoms with van der Waals surface area (Å²) in [5, 5.41) is 1.17. The molecule has 0 radical (unpaired) electrons. The van der Waals surface area contributed by atoms with Crippen molar-refractivity contribution in [2.45, 2.75) is 70.1 Å². The molecule has 0 amide bonds. The normalized spacial score (nSPS) is 19.3. The Labute approximate surface area is 172 Å². The van der Waals surface area contributed by atoms with E-state index in [2.05, 4.69) is 13.8 Å². The monoisotopic (exact) mass is 440 g/mol. The van der Waals surface area contributed by atoms with Gasteiger partial charge in [0.1, 0.15) is 0 Å². The van der Waals surface area contributed by atoms with Crippen molar-refractivity contribution in [1.29, 1.82) is 0 Å². The SMILES string of the molecule is CCc1c(CC2CCC2(C)C)c(S(=O)(=O)O)cc2cc(S(=O)(=O)O)c(C)c(C)c12. The van der Waals surface area contributed by atoms with Crippen molar-refractivity contribution in [3.63, 3.8) is 0 Å². The Kier molecular flexibility index (Phi) is 5.39. The highest BCUT2D eigenvalue weighted by Gasteiger charge is 2.39. The molecule has 3 rings (SSSR count). The highest BCUT2D eigenvalue weighted by Crippen LogP contribution is 2.49. The molecule has 1 saturated carbocycles.